The van der Waals surface area contributed by atoms with E-state index in [2.05, 4.69) is 0 Å². The van der Waals surface area contributed by atoms with Crippen LogP contribution in [-0.2, 0) is 0 Å². The lowest BCUT2D eigenvalue weighted by Gasteiger charge is -2.10. The first-order valence-electron chi connectivity index (χ1n) is 9.48. The van der Waals surface area contributed by atoms with E-state index in [0.717, 1.165) is 42.5 Å². The Morgan fingerprint density at radius 2 is 1.08 bits per heavy atom. The van der Waals surface area contributed by atoms with Crippen LogP contribution in [0.2, 0.25) is 5.02 Å². The Hall–Kier alpha value is -5.51. The van der Waals surface area contributed by atoms with Gasteiger partial charge in [-0.15, -0.1) is 0 Å². The number of rotatable bonds is 8. The number of nitrogens with zero attached hydrogens (tertiary/aromatic N) is 4. The minimum Gasteiger partial charge on any atom is -0.423 e. The number of nitro benzene ring substituents is 4. The quantitative estimate of drug-likeness (QED) is 0.170. The molecular weight excluding hydrogens is 524 g/mol. The van der Waals surface area contributed by atoms with Crippen molar-refractivity contribution in [3.8, 4) is 11.5 Å². The molecule has 0 radical (unpaired) electrons. The van der Waals surface area contributed by atoms with Gasteiger partial charge in [-0.25, -0.2) is 9.59 Å². The third-order valence-electron chi connectivity index (χ3n) is 4.53. The second-order valence-corrected chi connectivity index (χ2v) is 7.21. The summed E-state index contributed by atoms with van der Waals surface area (Å²) in [6.45, 7) is 0. The molecule has 0 heterocycles. The van der Waals surface area contributed by atoms with Gasteiger partial charge in [0.1, 0.15) is 16.9 Å². The van der Waals surface area contributed by atoms with E-state index >= 15 is 0 Å². The SMILES string of the molecule is O=C(Oc1ccc(Cl)c(OC(=O)c2ccc([N+](=O)[O-])cc2[N+](=O)[O-])c1)c1ccc([N+](=O)[O-])cc1[N+](=O)[O-]. The third kappa shape index (κ3) is 5.77. The Morgan fingerprint density at radius 1 is 0.622 bits per heavy atom. The lowest BCUT2D eigenvalue weighted by atomic mass is 10.1. The fourth-order valence-corrected chi connectivity index (χ4v) is 3.01. The monoisotopic (exact) mass is 532 g/mol. The van der Waals surface area contributed by atoms with Crippen LogP contribution >= 0.6 is 11.6 Å². The fraction of sp³-hybridized carbons (Fsp3) is 0. The van der Waals surface area contributed by atoms with E-state index in [4.69, 9.17) is 21.1 Å². The number of carbonyl (C=O) groups excluding carboxylic acids is 2. The van der Waals surface area contributed by atoms with Crippen LogP contribution in [0.1, 0.15) is 20.7 Å². The van der Waals surface area contributed by atoms with Crippen molar-refractivity contribution in [3.63, 3.8) is 0 Å². The normalized spacial score (nSPS) is 10.3. The molecule has 37 heavy (non-hydrogen) atoms. The van der Waals surface area contributed by atoms with E-state index < -0.39 is 71.3 Å². The Bertz CT molecular complexity index is 1510. The number of carbonyl (C=O) groups is 2. The number of ether oxygens (including phenoxy) is 2. The molecule has 3 aromatic carbocycles. The van der Waals surface area contributed by atoms with Gasteiger partial charge in [-0.2, -0.15) is 0 Å². The summed E-state index contributed by atoms with van der Waals surface area (Å²) in [5.41, 5.74) is -4.35. The Balaban J connectivity index is 1.89. The first-order valence-corrected chi connectivity index (χ1v) is 9.86. The Labute approximate surface area is 208 Å². The lowest BCUT2D eigenvalue weighted by molar-refractivity contribution is -0.394. The number of benzene rings is 3. The minimum atomic E-state index is -1.32. The summed E-state index contributed by atoms with van der Waals surface area (Å²) in [6, 6.07) is 7.64. The highest BCUT2D eigenvalue weighted by Gasteiger charge is 2.28. The van der Waals surface area contributed by atoms with Crippen LogP contribution in [0.4, 0.5) is 22.7 Å². The first-order chi connectivity index (χ1) is 17.4. The van der Waals surface area contributed by atoms with Gasteiger partial charge in [-0.3, -0.25) is 40.5 Å². The molecular formula is C20H9ClN4O12. The van der Waals surface area contributed by atoms with Gasteiger partial charge in [0.05, 0.1) is 36.8 Å². The number of hydrogen-bond donors (Lipinski definition) is 0. The summed E-state index contributed by atoms with van der Waals surface area (Å²) in [5, 5.41) is 44.0. The van der Waals surface area contributed by atoms with E-state index in [-0.39, 0.29) is 10.8 Å². The van der Waals surface area contributed by atoms with Crippen LogP contribution in [0.15, 0.2) is 54.6 Å². The molecule has 0 fully saturated rings. The van der Waals surface area contributed by atoms with Gasteiger partial charge in [0.15, 0.2) is 5.75 Å². The number of nitro groups is 4. The standard InChI is InChI=1S/C20H9ClN4O12/c21-15-6-3-12(36-19(26)13-4-1-10(22(28)29)7-16(13)24(32)33)9-18(15)37-20(27)14-5-2-11(23(30)31)8-17(14)25(34)35/h1-9H. The van der Waals surface area contributed by atoms with Crippen molar-refractivity contribution in [1.29, 1.82) is 0 Å². The summed E-state index contributed by atoms with van der Waals surface area (Å²) >= 11 is 5.97. The zero-order valence-corrected chi connectivity index (χ0v) is 18.5. The van der Waals surface area contributed by atoms with E-state index in [9.17, 15) is 50.0 Å². The maximum Gasteiger partial charge on any atom is 0.350 e. The van der Waals surface area contributed by atoms with Crippen LogP contribution in [0.25, 0.3) is 0 Å². The average molecular weight is 533 g/mol. The molecule has 3 aromatic rings. The summed E-state index contributed by atoms with van der Waals surface area (Å²) in [7, 11) is 0. The molecule has 16 nitrogen and oxygen atoms in total. The third-order valence-corrected chi connectivity index (χ3v) is 4.85. The molecule has 0 N–H and O–H groups in total. The average Bonchev–Trinajstić information content (AvgIpc) is 2.84. The molecule has 0 saturated heterocycles. The molecule has 3 rings (SSSR count). The Morgan fingerprint density at radius 3 is 1.51 bits per heavy atom. The molecule has 0 amide bonds. The topological polar surface area (TPSA) is 225 Å². The van der Waals surface area contributed by atoms with Gasteiger partial charge in [0.25, 0.3) is 22.7 Å². The molecule has 17 heteroatoms. The highest BCUT2D eigenvalue weighted by atomic mass is 35.5. The molecule has 0 spiro atoms. The predicted molar refractivity (Wildman–Crippen MR) is 121 cm³/mol. The molecule has 0 aliphatic heterocycles. The second-order valence-electron chi connectivity index (χ2n) is 6.80. The van der Waals surface area contributed by atoms with Crippen molar-refractivity contribution < 1.29 is 38.8 Å². The van der Waals surface area contributed by atoms with Gasteiger partial charge in [0.2, 0.25) is 0 Å². The van der Waals surface area contributed by atoms with Gasteiger partial charge in [0, 0.05) is 18.2 Å². The molecule has 188 valence electrons. The molecule has 0 aliphatic carbocycles. The van der Waals surface area contributed by atoms with Crippen LogP contribution < -0.4 is 9.47 Å². The van der Waals surface area contributed by atoms with Crippen molar-refractivity contribution in [3.05, 3.63) is 111 Å². The summed E-state index contributed by atoms with van der Waals surface area (Å²) in [5.74, 6) is -3.38. The first kappa shape index (κ1) is 26.1. The smallest absolute Gasteiger partial charge is 0.350 e. The number of halogens is 1. The van der Waals surface area contributed by atoms with Gasteiger partial charge < -0.3 is 9.47 Å². The van der Waals surface area contributed by atoms with Crippen LogP contribution in [0, 0.1) is 40.5 Å². The summed E-state index contributed by atoms with van der Waals surface area (Å²) in [4.78, 5) is 65.5. The highest BCUT2D eigenvalue weighted by Crippen LogP contribution is 2.33. The molecule has 0 aromatic heterocycles. The zero-order valence-electron chi connectivity index (χ0n) is 17.8. The zero-order chi connectivity index (χ0) is 27.4. The van der Waals surface area contributed by atoms with Gasteiger partial charge in [-0.1, -0.05) is 11.6 Å². The fourth-order valence-electron chi connectivity index (χ4n) is 2.86. The highest BCUT2D eigenvalue weighted by molar-refractivity contribution is 6.32. The maximum atomic E-state index is 12.5. The second kappa shape index (κ2) is 10.4. The van der Waals surface area contributed by atoms with E-state index in [1.807, 2.05) is 0 Å². The molecule has 0 aliphatic rings. The molecule has 0 atom stereocenters. The number of hydrogen-bond acceptors (Lipinski definition) is 12. The van der Waals surface area contributed by atoms with Gasteiger partial charge in [-0.05, 0) is 24.3 Å². The van der Waals surface area contributed by atoms with Crippen molar-refractivity contribution in [2.45, 2.75) is 0 Å². The van der Waals surface area contributed by atoms with E-state index in [1.54, 1.807) is 0 Å². The minimum absolute atomic E-state index is 0.209. The van der Waals surface area contributed by atoms with Crippen molar-refractivity contribution in [1.82, 2.24) is 0 Å². The molecule has 0 saturated carbocycles. The van der Waals surface area contributed by atoms with E-state index in [1.165, 1.54) is 0 Å². The van der Waals surface area contributed by atoms with Crippen molar-refractivity contribution >= 4 is 46.3 Å². The number of esters is 2. The molecule has 0 unspecified atom stereocenters. The Kier molecular flexibility index (Phi) is 7.34. The van der Waals surface area contributed by atoms with Crippen LogP contribution in [0.3, 0.4) is 0 Å². The summed E-state index contributed by atoms with van der Waals surface area (Å²) in [6.07, 6.45) is 0. The predicted octanol–water partition coefficient (Wildman–Crippen LogP) is 4.41. The van der Waals surface area contributed by atoms with Crippen molar-refractivity contribution in [2.24, 2.45) is 0 Å². The lowest BCUT2D eigenvalue weighted by Crippen LogP contribution is -2.13. The summed E-state index contributed by atoms with van der Waals surface area (Å²) < 4.78 is 10.1. The van der Waals surface area contributed by atoms with E-state index in [0.29, 0.717) is 12.1 Å². The maximum absolute atomic E-state index is 12.5. The van der Waals surface area contributed by atoms with Crippen LogP contribution in [-0.4, -0.2) is 31.6 Å². The largest absolute Gasteiger partial charge is 0.423 e. The number of non-ortho nitro benzene ring substituents is 2. The molecule has 0 bridgehead atoms. The van der Waals surface area contributed by atoms with Gasteiger partial charge >= 0.3 is 11.9 Å². The van der Waals surface area contributed by atoms with Crippen molar-refractivity contribution in [2.75, 3.05) is 0 Å². The van der Waals surface area contributed by atoms with Crippen LogP contribution in [0.5, 0.6) is 11.5 Å².